The van der Waals surface area contributed by atoms with E-state index in [1.54, 1.807) is 0 Å². The Morgan fingerprint density at radius 3 is 1.75 bits per heavy atom. The van der Waals surface area contributed by atoms with Crippen molar-refractivity contribution in [2.75, 3.05) is 0 Å². The van der Waals surface area contributed by atoms with E-state index < -0.39 is 0 Å². The van der Waals surface area contributed by atoms with E-state index in [0.29, 0.717) is 0 Å². The zero-order valence-corrected chi connectivity index (χ0v) is 2.88. The summed E-state index contributed by atoms with van der Waals surface area (Å²) in [6.07, 6.45) is 0. The van der Waals surface area contributed by atoms with E-state index in [4.69, 9.17) is 0 Å². The van der Waals surface area contributed by atoms with Gasteiger partial charge in [0.25, 0.3) is 0 Å². The predicted octanol–water partition coefficient (Wildman–Crippen LogP) is 1.29. The topological polar surface area (TPSA) is 0 Å². The zero-order chi connectivity index (χ0) is 2.99. The Hall–Kier alpha value is -0.170. The molecular weight excluding hydrogens is 68.1 g/mol. The molecule has 1 aromatic rings. The lowest BCUT2D eigenvalue weighted by molar-refractivity contribution is 2.39. The second-order valence-electron chi connectivity index (χ2n) is 0.736. The molecule has 0 saturated carbocycles. The summed E-state index contributed by atoms with van der Waals surface area (Å²) in [6, 6.07) is 3.80. The molecule has 0 aromatic heterocycles. The maximum atomic E-state index is 4.54. The first-order valence-corrected chi connectivity index (χ1v) is 1.52. The van der Waals surface area contributed by atoms with Crippen molar-refractivity contribution in [3.8, 4) is 0 Å². The van der Waals surface area contributed by atoms with Gasteiger partial charge in [0.15, 0.2) is 0 Å². The Kier molecular flexibility index (Phi) is 0.212. The van der Waals surface area contributed by atoms with E-state index in [1.807, 2.05) is 12.1 Å². The van der Waals surface area contributed by atoms with Crippen molar-refractivity contribution in [3.63, 3.8) is 0 Å². The third kappa shape index (κ3) is 0.157. The molecule has 20 valence electrons. The summed E-state index contributed by atoms with van der Waals surface area (Å²) < 4.78 is 1.00. The second kappa shape index (κ2) is 0.406. The van der Waals surface area contributed by atoms with Crippen LogP contribution in [-0.4, -0.2) is 0 Å². The first-order valence-electron chi connectivity index (χ1n) is 1.11. The minimum atomic E-state index is 1.00. The van der Waals surface area contributed by atoms with E-state index in [0.717, 1.165) is 4.51 Å². The van der Waals surface area contributed by atoms with Crippen molar-refractivity contribution < 1.29 is 0 Å². The van der Waals surface area contributed by atoms with Gasteiger partial charge in [-0.25, -0.2) is 0 Å². The third-order valence-corrected chi connectivity index (χ3v) is 0.575. The third-order valence-electron chi connectivity index (χ3n) is 0.303. The maximum Gasteiger partial charge on any atom is 0.0378 e. The van der Waals surface area contributed by atoms with Gasteiger partial charge < -0.3 is 0 Å². The molecule has 0 heterocycles. The van der Waals surface area contributed by atoms with Crippen molar-refractivity contribution in [2.45, 2.75) is 0 Å². The van der Waals surface area contributed by atoms with Crippen LogP contribution in [0.15, 0.2) is 12.1 Å². The average molecular weight is 70.1 g/mol. The summed E-state index contributed by atoms with van der Waals surface area (Å²) in [7, 11) is 0. The highest BCUT2D eigenvalue weighted by atomic mass is 32.1. The smallest absolute Gasteiger partial charge is 0.0378 e. The number of hydrogen-bond donors (Lipinski definition) is 0. The van der Waals surface area contributed by atoms with E-state index in [2.05, 4.69) is 12.2 Å². The lowest BCUT2D eigenvalue weighted by atomic mass is 11.2. The molecule has 0 N–H and O–H groups in total. The van der Waals surface area contributed by atoms with Crippen LogP contribution >= 0.6 is 12.2 Å². The van der Waals surface area contributed by atoms with Crippen LogP contribution in [0.4, 0.5) is 0 Å². The van der Waals surface area contributed by atoms with Crippen LogP contribution < -0.4 is 0 Å². The fourth-order valence-electron chi connectivity index (χ4n) is 0.0340. The largest absolute Gasteiger partial charge is 0.0801 e. The van der Waals surface area contributed by atoms with Crippen molar-refractivity contribution >= 4 is 12.2 Å². The van der Waals surface area contributed by atoms with Crippen LogP contribution in [-0.2, 0) is 0 Å². The molecule has 0 fully saturated rings. The van der Waals surface area contributed by atoms with Gasteiger partial charge in [-0.3, -0.25) is 0 Å². The molecule has 0 spiro atoms. The lowest BCUT2D eigenvalue weighted by Crippen LogP contribution is -0.933. The Bertz CT molecular complexity index is 92.1. The minimum Gasteiger partial charge on any atom is -0.0801 e. The number of rotatable bonds is 0. The van der Waals surface area contributed by atoms with Gasteiger partial charge in [-0.2, -0.15) is 0 Å². The Labute approximate surface area is 29.8 Å². The molecule has 0 aliphatic carbocycles. The van der Waals surface area contributed by atoms with Gasteiger partial charge in [-0.05, 0) is 12.1 Å². The summed E-state index contributed by atoms with van der Waals surface area (Å²) >= 11 is 4.54. The summed E-state index contributed by atoms with van der Waals surface area (Å²) in [6.45, 7) is 0. The molecule has 4 heavy (non-hydrogen) atoms. The van der Waals surface area contributed by atoms with Gasteiger partial charge in [0, 0.05) is 4.51 Å². The van der Waals surface area contributed by atoms with Crippen LogP contribution in [0, 0.1) is 4.51 Å². The van der Waals surface area contributed by atoms with Crippen molar-refractivity contribution in [1.82, 2.24) is 0 Å². The molecule has 0 saturated heterocycles. The van der Waals surface area contributed by atoms with Crippen LogP contribution in [0.3, 0.4) is 0 Å². The Balaban J connectivity index is 3.55. The summed E-state index contributed by atoms with van der Waals surface area (Å²) in [4.78, 5) is 0. The van der Waals surface area contributed by atoms with Gasteiger partial charge in [0.05, 0.1) is 0 Å². The standard InChI is InChI=1S/C3H2S/c4-3-1-2-3/h1-2H. The molecule has 1 heteroatoms. The monoisotopic (exact) mass is 70.0 g/mol. The fraction of sp³-hybridized carbons (Fsp3) is 0. The van der Waals surface area contributed by atoms with E-state index >= 15 is 0 Å². The molecule has 0 nitrogen and oxygen atoms in total. The van der Waals surface area contributed by atoms with Gasteiger partial charge in [0.1, 0.15) is 0 Å². The van der Waals surface area contributed by atoms with Crippen LogP contribution in [0.1, 0.15) is 0 Å². The van der Waals surface area contributed by atoms with E-state index in [-0.39, 0.29) is 0 Å². The SMILES string of the molecule is S=c1cc1. The maximum absolute atomic E-state index is 4.54. The van der Waals surface area contributed by atoms with Gasteiger partial charge in [-0.15, -0.1) is 0 Å². The summed E-state index contributed by atoms with van der Waals surface area (Å²) in [5.41, 5.74) is 0. The van der Waals surface area contributed by atoms with E-state index in [1.165, 1.54) is 0 Å². The molecular formula is C3H2S. The Morgan fingerprint density at radius 2 is 1.75 bits per heavy atom. The van der Waals surface area contributed by atoms with Crippen molar-refractivity contribution in [1.29, 1.82) is 0 Å². The Morgan fingerprint density at radius 1 is 1.50 bits per heavy atom. The van der Waals surface area contributed by atoms with Crippen molar-refractivity contribution in [2.24, 2.45) is 0 Å². The molecule has 0 unspecified atom stereocenters. The molecule has 0 radical (unpaired) electrons. The van der Waals surface area contributed by atoms with Gasteiger partial charge in [-0.1, -0.05) is 12.2 Å². The molecule has 0 aliphatic rings. The second-order valence-corrected chi connectivity index (χ2v) is 1.21. The first kappa shape index (κ1) is 2.09. The average Bonchev–Trinajstić information content (AvgIpc) is 1.75. The zero-order valence-electron chi connectivity index (χ0n) is 2.06. The van der Waals surface area contributed by atoms with Crippen LogP contribution in [0.25, 0.3) is 0 Å². The lowest BCUT2D eigenvalue weighted by Gasteiger charge is -1.13. The number of hydrogen-bond acceptors (Lipinski definition) is 1. The van der Waals surface area contributed by atoms with Crippen LogP contribution in [0.5, 0.6) is 0 Å². The highest BCUT2D eigenvalue weighted by Gasteiger charge is 1.72. The van der Waals surface area contributed by atoms with Gasteiger partial charge >= 0.3 is 0 Å². The highest BCUT2D eigenvalue weighted by Crippen LogP contribution is 1.91. The first-order chi connectivity index (χ1) is 1.89. The van der Waals surface area contributed by atoms with E-state index in [9.17, 15) is 0 Å². The highest BCUT2D eigenvalue weighted by molar-refractivity contribution is 7.71. The summed E-state index contributed by atoms with van der Waals surface area (Å²) in [5, 5.41) is 0. The molecule has 0 bridgehead atoms. The quantitative estimate of drug-likeness (QED) is 0.414. The summed E-state index contributed by atoms with van der Waals surface area (Å²) in [5.74, 6) is 0. The molecule has 1 aromatic carbocycles. The molecule has 0 aliphatic heterocycles. The van der Waals surface area contributed by atoms with Crippen LogP contribution in [0.2, 0.25) is 0 Å². The van der Waals surface area contributed by atoms with Gasteiger partial charge in [0.2, 0.25) is 0 Å². The fourth-order valence-corrected chi connectivity index (χ4v) is 0.102. The molecule has 0 amide bonds. The normalized spacial score (nSPS) is 9.00. The molecule has 0 atom stereocenters. The predicted molar refractivity (Wildman–Crippen MR) is 19.6 cm³/mol. The minimum absolute atomic E-state index is 1.00. The van der Waals surface area contributed by atoms with Crippen molar-refractivity contribution in [3.05, 3.63) is 16.6 Å². The molecule has 1 rings (SSSR count).